The molecule has 2 aliphatic heterocycles. The Kier molecular flexibility index (Phi) is 4.91. The number of piperidine rings is 1. The van der Waals surface area contributed by atoms with Crippen molar-refractivity contribution in [2.45, 2.75) is 57.8 Å². The number of aromatic nitrogens is 2. The zero-order valence-corrected chi connectivity index (χ0v) is 16.8. The van der Waals surface area contributed by atoms with Crippen molar-refractivity contribution in [1.82, 2.24) is 14.5 Å². The van der Waals surface area contributed by atoms with Crippen molar-refractivity contribution in [1.29, 1.82) is 0 Å². The number of carbonyl (C=O) groups is 1. The average Bonchev–Trinajstić information content (AvgIpc) is 3.23. The number of rotatable bonds is 3. The lowest BCUT2D eigenvalue weighted by Crippen LogP contribution is -2.43. The first-order valence-electron chi connectivity index (χ1n) is 10.1. The SMILES string of the molecule is CC(C)(C)OC(=O)N1CCC([C@@H](O)C[C@H]2c3ccccc3-c3cncn32)CC1. The molecule has 0 radical (unpaired) electrons. The van der Waals surface area contributed by atoms with Crippen molar-refractivity contribution < 1.29 is 14.6 Å². The van der Waals surface area contributed by atoms with E-state index < -0.39 is 11.7 Å². The molecule has 0 aliphatic carbocycles. The van der Waals surface area contributed by atoms with Gasteiger partial charge in [-0.25, -0.2) is 9.78 Å². The van der Waals surface area contributed by atoms with Gasteiger partial charge in [-0.05, 0) is 51.5 Å². The maximum absolute atomic E-state index is 12.2. The van der Waals surface area contributed by atoms with Crippen LogP contribution in [0.1, 0.15) is 51.6 Å². The van der Waals surface area contributed by atoms with E-state index in [1.807, 2.05) is 39.4 Å². The normalized spacial score (nSPS) is 20.6. The van der Waals surface area contributed by atoms with Gasteiger partial charge in [0.1, 0.15) is 5.60 Å². The second-order valence-electron chi connectivity index (χ2n) is 8.90. The number of benzene rings is 1. The molecule has 4 rings (SSSR count). The maximum atomic E-state index is 12.2. The highest BCUT2D eigenvalue weighted by atomic mass is 16.6. The number of nitrogens with zero attached hydrogens (tertiary/aromatic N) is 3. The molecule has 1 fully saturated rings. The third-order valence-corrected chi connectivity index (χ3v) is 5.80. The van der Waals surface area contributed by atoms with Gasteiger partial charge in [0.05, 0.1) is 30.4 Å². The zero-order chi connectivity index (χ0) is 19.9. The first-order chi connectivity index (χ1) is 13.3. The number of aliphatic hydroxyl groups is 1. The zero-order valence-electron chi connectivity index (χ0n) is 16.8. The van der Waals surface area contributed by atoms with Gasteiger partial charge in [0.2, 0.25) is 0 Å². The highest BCUT2D eigenvalue weighted by Gasteiger charge is 2.34. The molecule has 1 saturated heterocycles. The molecule has 6 nitrogen and oxygen atoms in total. The van der Waals surface area contributed by atoms with E-state index in [-0.39, 0.29) is 18.1 Å². The third-order valence-electron chi connectivity index (χ3n) is 5.80. The number of fused-ring (bicyclic) bond motifs is 3. The van der Waals surface area contributed by atoms with E-state index in [9.17, 15) is 9.90 Å². The number of hydrogen-bond donors (Lipinski definition) is 1. The number of aliphatic hydroxyl groups excluding tert-OH is 1. The van der Waals surface area contributed by atoms with Gasteiger partial charge in [0, 0.05) is 18.7 Å². The molecule has 1 amide bonds. The maximum Gasteiger partial charge on any atom is 0.410 e. The summed E-state index contributed by atoms with van der Waals surface area (Å²) in [5.41, 5.74) is 3.10. The molecule has 6 heteroatoms. The number of amides is 1. The van der Waals surface area contributed by atoms with E-state index in [1.165, 1.54) is 11.1 Å². The smallest absolute Gasteiger partial charge is 0.410 e. The van der Waals surface area contributed by atoms with Crippen LogP contribution in [0.15, 0.2) is 36.8 Å². The van der Waals surface area contributed by atoms with Gasteiger partial charge in [-0.1, -0.05) is 24.3 Å². The first-order valence-corrected chi connectivity index (χ1v) is 10.1. The van der Waals surface area contributed by atoms with Gasteiger partial charge >= 0.3 is 6.09 Å². The molecule has 3 heterocycles. The second kappa shape index (κ2) is 7.24. The second-order valence-corrected chi connectivity index (χ2v) is 8.90. The Morgan fingerprint density at radius 1 is 1.29 bits per heavy atom. The van der Waals surface area contributed by atoms with Crippen molar-refractivity contribution in [3.05, 3.63) is 42.4 Å². The van der Waals surface area contributed by atoms with Crippen LogP contribution in [-0.4, -0.2) is 50.4 Å². The Bertz CT molecular complexity index is 847. The Hall–Kier alpha value is -2.34. The molecule has 0 bridgehead atoms. The highest BCUT2D eigenvalue weighted by Crippen LogP contribution is 2.42. The summed E-state index contributed by atoms with van der Waals surface area (Å²) in [6.45, 7) is 6.91. The summed E-state index contributed by atoms with van der Waals surface area (Å²) in [4.78, 5) is 18.3. The molecule has 0 spiro atoms. The van der Waals surface area contributed by atoms with E-state index in [1.54, 1.807) is 4.90 Å². The molecular formula is C22H29N3O3. The van der Waals surface area contributed by atoms with E-state index in [0.29, 0.717) is 19.5 Å². The summed E-state index contributed by atoms with van der Waals surface area (Å²) in [6.07, 6.45) is 5.34. The molecule has 28 heavy (non-hydrogen) atoms. The van der Waals surface area contributed by atoms with E-state index in [2.05, 4.69) is 27.8 Å². The van der Waals surface area contributed by atoms with Crippen molar-refractivity contribution in [2.75, 3.05) is 13.1 Å². The monoisotopic (exact) mass is 383 g/mol. The number of ether oxygens (including phenoxy) is 1. The van der Waals surface area contributed by atoms with Gasteiger partial charge < -0.3 is 19.3 Å². The van der Waals surface area contributed by atoms with Gasteiger partial charge in [-0.2, -0.15) is 0 Å². The minimum absolute atomic E-state index is 0.118. The molecule has 2 aliphatic rings. The highest BCUT2D eigenvalue weighted by molar-refractivity contribution is 5.69. The molecule has 1 N–H and O–H groups in total. The topological polar surface area (TPSA) is 67.6 Å². The summed E-state index contributed by atoms with van der Waals surface area (Å²) in [7, 11) is 0. The largest absolute Gasteiger partial charge is 0.444 e. The molecule has 0 saturated carbocycles. The van der Waals surface area contributed by atoms with E-state index in [0.717, 1.165) is 18.5 Å². The Labute approximate surface area is 166 Å². The lowest BCUT2D eigenvalue weighted by atomic mass is 9.86. The summed E-state index contributed by atoms with van der Waals surface area (Å²) in [6, 6.07) is 8.48. The van der Waals surface area contributed by atoms with Crippen molar-refractivity contribution >= 4 is 6.09 Å². The van der Waals surface area contributed by atoms with Crippen LogP contribution in [0.25, 0.3) is 11.3 Å². The Balaban J connectivity index is 1.38. The first kappa shape index (κ1) is 19.0. The van der Waals surface area contributed by atoms with Gasteiger partial charge in [-0.15, -0.1) is 0 Å². The van der Waals surface area contributed by atoms with Gasteiger partial charge in [-0.3, -0.25) is 0 Å². The molecule has 0 unspecified atom stereocenters. The van der Waals surface area contributed by atoms with Crippen LogP contribution in [-0.2, 0) is 4.74 Å². The van der Waals surface area contributed by atoms with Crippen molar-refractivity contribution in [3.8, 4) is 11.3 Å². The molecule has 150 valence electrons. The fourth-order valence-corrected chi connectivity index (χ4v) is 4.39. The quantitative estimate of drug-likeness (QED) is 0.874. The molecular weight excluding hydrogens is 354 g/mol. The van der Waals surface area contributed by atoms with Crippen LogP contribution >= 0.6 is 0 Å². The fourth-order valence-electron chi connectivity index (χ4n) is 4.39. The van der Waals surface area contributed by atoms with E-state index in [4.69, 9.17) is 4.74 Å². The minimum atomic E-state index is -0.480. The Morgan fingerprint density at radius 3 is 2.71 bits per heavy atom. The van der Waals surface area contributed by atoms with Crippen LogP contribution in [0.3, 0.4) is 0 Å². The molecule has 2 aromatic rings. The summed E-state index contributed by atoms with van der Waals surface area (Å²) >= 11 is 0. The molecule has 1 aromatic heterocycles. The van der Waals surface area contributed by atoms with Crippen LogP contribution in [0, 0.1) is 5.92 Å². The lowest BCUT2D eigenvalue weighted by Gasteiger charge is -2.35. The molecule has 2 atom stereocenters. The van der Waals surface area contributed by atoms with Crippen LogP contribution < -0.4 is 0 Å². The minimum Gasteiger partial charge on any atom is -0.444 e. The summed E-state index contributed by atoms with van der Waals surface area (Å²) in [5.74, 6) is 0.193. The van der Waals surface area contributed by atoms with Crippen molar-refractivity contribution in [3.63, 3.8) is 0 Å². The third kappa shape index (κ3) is 3.65. The summed E-state index contributed by atoms with van der Waals surface area (Å²) < 4.78 is 7.63. The van der Waals surface area contributed by atoms with Gasteiger partial charge in [0.15, 0.2) is 0 Å². The molecule has 1 aromatic carbocycles. The van der Waals surface area contributed by atoms with Gasteiger partial charge in [0.25, 0.3) is 0 Å². The van der Waals surface area contributed by atoms with Crippen LogP contribution in [0.2, 0.25) is 0 Å². The van der Waals surface area contributed by atoms with E-state index >= 15 is 0 Å². The fraction of sp³-hybridized carbons (Fsp3) is 0.545. The van der Waals surface area contributed by atoms with Crippen LogP contribution in [0.4, 0.5) is 4.79 Å². The number of carbonyl (C=O) groups excluding carboxylic acids is 1. The standard InChI is InChI=1S/C22H29N3O3/c1-22(2,3)28-21(27)24-10-8-15(9-11-24)20(26)12-18-16-6-4-5-7-17(16)19-13-23-14-25(18)19/h4-7,13-15,18,20,26H,8-12H2,1-3H3/t18-,20-/m0/s1. The van der Waals surface area contributed by atoms with Crippen molar-refractivity contribution in [2.24, 2.45) is 5.92 Å². The number of imidazole rings is 1. The Morgan fingerprint density at radius 2 is 2.00 bits per heavy atom. The van der Waals surface area contributed by atoms with Crippen LogP contribution in [0.5, 0.6) is 0 Å². The number of hydrogen-bond acceptors (Lipinski definition) is 4. The average molecular weight is 383 g/mol. The summed E-state index contributed by atoms with van der Waals surface area (Å²) in [5, 5.41) is 11.0. The lowest BCUT2D eigenvalue weighted by molar-refractivity contribution is 0.00557. The predicted molar refractivity (Wildman–Crippen MR) is 107 cm³/mol. The predicted octanol–water partition coefficient (Wildman–Crippen LogP) is 3.85. The number of likely N-dealkylation sites (tertiary alicyclic amines) is 1.